The summed E-state index contributed by atoms with van der Waals surface area (Å²) < 4.78 is 38.4. The third-order valence-electron chi connectivity index (χ3n) is 8.74. The average molecular weight is 522 g/mol. The molecule has 1 aliphatic carbocycles. The number of carbonyl (C=O) groups is 1. The zero-order chi connectivity index (χ0) is 25.9. The highest BCUT2D eigenvalue weighted by Crippen LogP contribution is 2.43. The molecule has 0 N–H and O–H groups in total. The van der Waals surface area contributed by atoms with Crippen LogP contribution in [-0.2, 0) is 19.6 Å². The number of benzene rings is 1. The van der Waals surface area contributed by atoms with Gasteiger partial charge in [0.25, 0.3) is 0 Å². The number of likely N-dealkylation sites (N-methyl/N-ethyl adjacent to an activating group) is 1. The van der Waals surface area contributed by atoms with E-state index in [1.54, 1.807) is 40.1 Å². The molecule has 1 saturated carbocycles. The van der Waals surface area contributed by atoms with E-state index in [1.807, 2.05) is 4.90 Å². The van der Waals surface area contributed by atoms with Crippen molar-refractivity contribution in [2.45, 2.75) is 69.7 Å². The fourth-order valence-electron chi connectivity index (χ4n) is 6.00. The summed E-state index contributed by atoms with van der Waals surface area (Å²) >= 11 is 0. The number of likely N-dealkylation sites (tertiary alicyclic amines) is 2. The molecule has 8 nitrogen and oxygen atoms in total. The molecule has 36 heavy (non-hydrogen) atoms. The molecule has 1 aromatic carbocycles. The Hall–Kier alpha value is -1.68. The Labute approximate surface area is 217 Å². The van der Waals surface area contributed by atoms with Gasteiger partial charge in [0.1, 0.15) is 12.4 Å². The molecule has 4 rings (SSSR count). The molecule has 2 heterocycles. The largest absolute Gasteiger partial charge is 0.497 e. The van der Waals surface area contributed by atoms with Crippen molar-refractivity contribution in [2.24, 2.45) is 5.41 Å². The van der Waals surface area contributed by atoms with Gasteiger partial charge in [-0.2, -0.15) is 4.31 Å². The van der Waals surface area contributed by atoms with E-state index in [0.29, 0.717) is 27.2 Å². The molecule has 0 unspecified atom stereocenters. The van der Waals surface area contributed by atoms with Crippen molar-refractivity contribution in [1.29, 1.82) is 0 Å². The number of sulfonamides is 1. The summed E-state index contributed by atoms with van der Waals surface area (Å²) in [5, 5.41) is 0. The van der Waals surface area contributed by atoms with Crippen LogP contribution in [0, 0.1) is 19.3 Å². The zero-order valence-corrected chi connectivity index (χ0v) is 23.2. The predicted octanol–water partition coefficient (Wildman–Crippen LogP) is 3.21. The van der Waals surface area contributed by atoms with Crippen molar-refractivity contribution in [1.82, 2.24) is 14.1 Å². The minimum Gasteiger partial charge on any atom is -0.497 e. The van der Waals surface area contributed by atoms with Crippen molar-refractivity contribution >= 4 is 15.9 Å². The van der Waals surface area contributed by atoms with E-state index >= 15 is 0 Å². The molecule has 3 fully saturated rings. The molecular formula is C27H43N3O5S. The van der Waals surface area contributed by atoms with Crippen LogP contribution in [0.15, 0.2) is 17.0 Å². The number of rotatable bonds is 9. The predicted molar refractivity (Wildman–Crippen MR) is 140 cm³/mol. The van der Waals surface area contributed by atoms with Gasteiger partial charge in [0.2, 0.25) is 15.9 Å². The summed E-state index contributed by atoms with van der Waals surface area (Å²) in [7, 11) is -0.561. The van der Waals surface area contributed by atoms with Crippen molar-refractivity contribution in [3.63, 3.8) is 0 Å². The summed E-state index contributed by atoms with van der Waals surface area (Å²) in [5.74, 6) is 0.639. The molecule has 2 aliphatic heterocycles. The first-order valence-electron chi connectivity index (χ1n) is 13.4. The highest BCUT2D eigenvalue weighted by Gasteiger charge is 2.40. The highest BCUT2D eigenvalue weighted by molar-refractivity contribution is 7.89. The first-order chi connectivity index (χ1) is 17.1. The number of carbonyl (C=O) groups excluding carboxylic acids is 1. The maximum Gasteiger partial charge on any atom is 0.248 e. The van der Waals surface area contributed by atoms with Gasteiger partial charge in [0, 0.05) is 32.7 Å². The van der Waals surface area contributed by atoms with Crippen LogP contribution in [-0.4, -0.2) is 94.6 Å². The SMILES string of the molecule is COc1cc(C)c(S(=O)(=O)N(C)CCOCC(=O)N2CCC3(CC2)CCN(C2CCC2)CC3)c(C)c1. The Morgan fingerprint density at radius 3 is 2.17 bits per heavy atom. The van der Waals surface area contributed by atoms with Crippen LogP contribution in [0.2, 0.25) is 0 Å². The van der Waals surface area contributed by atoms with Gasteiger partial charge in [-0.25, -0.2) is 8.42 Å². The summed E-state index contributed by atoms with van der Waals surface area (Å²) in [5.41, 5.74) is 1.70. The van der Waals surface area contributed by atoms with Crippen LogP contribution >= 0.6 is 0 Å². The van der Waals surface area contributed by atoms with E-state index in [9.17, 15) is 13.2 Å². The van der Waals surface area contributed by atoms with E-state index in [2.05, 4.69) is 4.90 Å². The summed E-state index contributed by atoms with van der Waals surface area (Å²) in [6.45, 7) is 7.92. The Kier molecular flexibility index (Phi) is 8.64. The van der Waals surface area contributed by atoms with Crippen molar-refractivity contribution in [3.05, 3.63) is 23.3 Å². The van der Waals surface area contributed by atoms with Crippen LogP contribution in [0.1, 0.15) is 56.1 Å². The molecule has 0 radical (unpaired) electrons. The van der Waals surface area contributed by atoms with E-state index in [0.717, 1.165) is 32.0 Å². The third-order valence-corrected chi connectivity index (χ3v) is 10.9. The molecule has 0 aromatic heterocycles. The zero-order valence-electron chi connectivity index (χ0n) is 22.4. The number of hydrogen-bond donors (Lipinski definition) is 0. The number of nitrogens with zero attached hydrogens (tertiary/aromatic N) is 3. The topological polar surface area (TPSA) is 79.4 Å². The number of amides is 1. The van der Waals surface area contributed by atoms with Gasteiger partial charge in [-0.15, -0.1) is 0 Å². The van der Waals surface area contributed by atoms with Gasteiger partial charge >= 0.3 is 0 Å². The van der Waals surface area contributed by atoms with Crippen LogP contribution in [0.5, 0.6) is 5.75 Å². The van der Waals surface area contributed by atoms with Crippen LogP contribution < -0.4 is 4.74 Å². The second-order valence-electron chi connectivity index (χ2n) is 11.0. The van der Waals surface area contributed by atoms with E-state index in [-0.39, 0.29) is 25.7 Å². The minimum absolute atomic E-state index is 0.00304. The molecule has 9 heteroatoms. The van der Waals surface area contributed by atoms with E-state index in [4.69, 9.17) is 9.47 Å². The Bertz CT molecular complexity index is 999. The maximum atomic E-state index is 13.1. The summed E-state index contributed by atoms with van der Waals surface area (Å²) in [6.07, 6.45) is 8.82. The normalized spacial score (nSPS) is 21.1. The summed E-state index contributed by atoms with van der Waals surface area (Å²) in [6, 6.07) is 4.28. The second-order valence-corrected chi connectivity index (χ2v) is 13.0. The fraction of sp³-hybridized carbons (Fsp3) is 0.741. The van der Waals surface area contributed by atoms with Gasteiger partial charge in [0.15, 0.2) is 0 Å². The summed E-state index contributed by atoms with van der Waals surface area (Å²) in [4.78, 5) is 17.6. The smallest absolute Gasteiger partial charge is 0.248 e. The second kappa shape index (κ2) is 11.4. The maximum absolute atomic E-state index is 13.1. The van der Waals surface area contributed by atoms with Crippen LogP contribution in [0.4, 0.5) is 0 Å². The van der Waals surface area contributed by atoms with Gasteiger partial charge in [-0.05, 0) is 94.1 Å². The van der Waals surface area contributed by atoms with E-state index < -0.39 is 10.0 Å². The lowest BCUT2D eigenvalue weighted by molar-refractivity contribution is -0.139. The molecule has 1 aromatic rings. The first-order valence-corrected chi connectivity index (χ1v) is 14.8. The number of aryl methyl sites for hydroxylation is 2. The molecule has 3 aliphatic rings. The Balaban J connectivity index is 1.19. The third kappa shape index (κ3) is 5.90. The minimum atomic E-state index is -3.67. The lowest BCUT2D eigenvalue weighted by Crippen LogP contribution is -2.51. The molecule has 2 saturated heterocycles. The molecule has 1 amide bonds. The number of piperidine rings is 2. The Morgan fingerprint density at radius 1 is 1.06 bits per heavy atom. The molecule has 0 bridgehead atoms. The van der Waals surface area contributed by atoms with Crippen molar-refractivity contribution in [2.75, 3.05) is 60.1 Å². The van der Waals surface area contributed by atoms with E-state index in [1.165, 1.54) is 49.5 Å². The van der Waals surface area contributed by atoms with Gasteiger partial charge in [-0.1, -0.05) is 6.42 Å². The van der Waals surface area contributed by atoms with Gasteiger partial charge < -0.3 is 19.3 Å². The van der Waals surface area contributed by atoms with Crippen molar-refractivity contribution < 1.29 is 22.7 Å². The van der Waals surface area contributed by atoms with Crippen LogP contribution in [0.3, 0.4) is 0 Å². The number of methoxy groups -OCH3 is 1. The quantitative estimate of drug-likeness (QED) is 0.465. The number of hydrogen-bond acceptors (Lipinski definition) is 6. The molecule has 1 spiro atoms. The number of ether oxygens (including phenoxy) is 2. The Morgan fingerprint density at radius 2 is 1.64 bits per heavy atom. The standard InChI is InChI=1S/C27H43N3O5S/c1-21-18-24(34-4)19-22(2)26(21)36(32,33)28(3)16-17-35-20-25(31)30-14-10-27(11-15-30)8-12-29(13-9-27)23-6-5-7-23/h18-19,23H,5-17,20H2,1-4H3. The fourth-order valence-corrected chi connectivity index (χ4v) is 7.56. The average Bonchev–Trinajstić information content (AvgIpc) is 2.81. The molecular weight excluding hydrogens is 478 g/mol. The van der Waals surface area contributed by atoms with Gasteiger partial charge in [-0.3, -0.25) is 4.79 Å². The van der Waals surface area contributed by atoms with Gasteiger partial charge in [0.05, 0.1) is 18.6 Å². The van der Waals surface area contributed by atoms with Crippen LogP contribution in [0.25, 0.3) is 0 Å². The monoisotopic (exact) mass is 521 g/mol. The first kappa shape index (κ1) is 27.4. The highest BCUT2D eigenvalue weighted by atomic mass is 32.2. The molecule has 202 valence electrons. The lowest BCUT2D eigenvalue weighted by atomic mass is 9.70. The molecule has 0 atom stereocenters. The lowest BCUT2D eigenvalue weighted by Gasteiger charge is -2.49. The van der Waals surface area contributed by atoms with Crippen molar-refractivity contribution in [3.8, 4) is 5.75 Å².